The molecule has 2 aromatic rings. The molecule has 2 aliphatic rings. The van der Waals surface area contributed by atoms with Crippen LogP contribution in [0.5, 0.6) is 5.75 Å². The van der Waals surface area contributed by atoms with Crippen molar-refractivity contribution in [2.24, 2.45) is 7.05 Å². The van der Waals surface area contributed by atoms with Crippen LogP contribution in [0.25, 0.3) is 0 Å². The maximum absolute atomic E-state index is 6.29. The quantitative estimate of drug-likeness (QED) is 0.813. The Kier molecular flexibility index (Phi) is 3.53. The van der Waals surface area contributed by atoms with Crippen molar-refractivity contribution in [3.63, 3.8) is 0 Å². The van der Waals surface area contributed by atoms with Crippen LogP contribution in [0.4, 0.5) is 5.69 Å². The third kappa shape index (κ3) is 2.58. The second-order valence-electron chi connectivity index (χ2n) is 5.79. The maximum atomic E-state index is 6.29. The fraction of sp³-hybridized carbons (Fsp3) is 0.467. The minimum Gasteiger partial charge on any atom is -0.488 e. The van der Waals surface area contributed by atoms with Gasteiger partial charge in [-0.3, -0.25) is 4.68 Å². The zero-order valence-corrected chi connectivity index (χ0v) is 14.6. The van der Waals surface area contributed by atoms with E-state index in [9.17, 15) is 0 Å². The molecule has 22 heavy (non-hydrogen) atoms. The first-order chi connectivity index (χ1) is 10.6. The maximum Gasteiger partial charge on any atom is 0.161 e. The highest BCUT2D eigenvalue weighted by Gasteiger charge is 2.29. The Balaban J connectivity index is 1.64. The average molecular weight is 384 g/mol. The van der Waals surface area contributed by atoms with E-state index >= 15 is 0 Å². The molecule has 1 aliphatic heterocycles. The number of aromatic nitrogens is 3. The van der Waals surface area contributed by atoms with Gasteiger partial charge in [0.2, 0.25) is 0 Å². The summed E-state index contributed by atoms with van der Waals surface area (Å²) in [7, 11) is 1.96. The van der Waals surface area contributed by atoms with E-state index in [4.69, 9.17) is 21.3 Å². The van der Waals surface area contributed by atoms with Gasteiger partial charge in [0, 0.05) is 17.4 Å². The molecule has 116 valence electrons. The molecule has 7 heteroatoms. The summed E-state index contributed by atoms with van der Waals surface area (Å²) in [4.78, 5) is 6.95. The molecule has 2 heterocycles. The van der Waals surface area contributed by atoms with Crippen molar-refractivity contribution >= 4 is 33.2 Å². The van der Waals surface area contributed by atoms with Gasteiger partial charge < -0.3 is 9.64 Å². The molecule has 1 saturated carbocycles. The summed E-state index contributed by atoms with van der Waals surface area (Å²) in [6, 6.07) is 3.90. The van der Waals surface area contributed by atoms with Crippen molar-refractivity contribution < 1.29 is 4.74 Å². The molecule has 0 radical (unpaired) electrons. The Morgan fingerprint density at radius 1 is 1.41 bits per heavy atom. The van der Waals surface area contributed by atoms with Gasteiger partial charge in [-0.25, -0.2) is 4.98 Å². The van der Waals surface area contributed by atoms with Crippen LogP contribution >= 0.6 is 27.5 Å². The lowest BCUT2D eigenvalue weighted by atomic mass is 10.2. The van der Waals surface area contributed by atoms with Crippen LogP contribution in [0, 0.1) is 0 Å². The third-order valence-electron chi connectivity index (χ3n) is 4.08. The molecule has 0 unspecified atom stereocenters. The predicted molar refractivity (Wildman–Crippen MR) is 88.7 cm³/mol. The molecular formula is C15H16BrClN4O. The summed E-state index contributed by atoms with van der Waals surface area (Å²) in [5.41, 5.74) is 1.00. The molecular weight excluding hydrogens is 368 g/mol. The standard InChI is InChI=1S/C15H16BrClN4O/c1-20-13(18-15(19-20)9-2-3-9)8-21-4-5-22-14-11(17)6-10(16)7-12(14)21/h6-7,9H,2-5,8H2,1H3. The van der Waals surface area contributed by atoms with Crippen molar-refractivity contribution in [1.82, 2.24) is 14.8 Å². The number of rotatable bonds is 3. The predicted octanol–water partition coefficient (Wildman–Crippen LogP) is 3.51. The summed E-state index contributed by atoms with van der Waals surface area (Å²) >= 11 is 9.79. The average Bonchev–Trinajstić information content (AvgIpc) is 3.25. The molecule has 1 fully saturated rings. The second-order valence-corrected chi connectivity index (χ2v) is 7.11. The van der Waals surface area contributed by atoms with Gasteiger partial charge in [0.05, 0.1) is 23.8 Å². The Bertz CT molecular complexity index is 729. The molecule has 4 rings (SSSR count). The first kappa shape index (κ1) is 14.3. The van der Waals surface area contributed by atoms with Crippen LogP contribution in [-0.4, -0.2) is 27.9 Å². The van der Waals surface area contributed by atoms with E-state index in [2.05, 4.69) is 25.9 Å². The molecule has 0 N–H and O–H groups in total. The zero-order chi connectivity index (χ0) is 15.3. The van der Waals surface area contributed by atoms with Crippen LogP contribution in [0.2, 0.25) is 5.02 Å². The van der Waals surface area contributed by atoms with Gasteiger partial charge in [-0.2, -0.15) is 5.10 Å². The van der Waals surface area contributed by atoms with Crippen molar-refractivity contribution in [2.45, 2.75) is 25.3 Å². The van der Waals surface area contributed by atoms with Gasteiger partial charge in [-0.15, -0.1) is 0 Å². The number of fused-ring (bicyclic) bond motifs is 1. The molecule has 0 amide bonds. The summed E-state index contributed by atoms with van der Waals surface area (Å²) in [5, 5.41) is 5.17. The fourth-order valence-corrected chi connectivity index (χ4v) is 3.57. The topological polar surface area (TPSA) is 43.2 Å². The van der Waals surface area contributed by atoms with Crippen molar-refractivity contribution in [1.29, 1.82) is 0 Å². The highest BCUT2D eigenvalue weighted by Crippen LogP contribution is 2.41. The Labute approximate surface area is 142 Å². The molecule has 0 saturated heterocycles. The van der Waals surface area contributed by atoms with E-state index in [1.54, 1.807) is 0 Å². The summed E-state index contributed by atoms with van der Waals surface area (Å²) in [5.74, 6) is 3.28. The van der Waals surface area contributed by atoms with E-state index in [0.717, 1.165) is 34.1 Å². The monoisotopic (exact) mass is 382 g/mol. The second kappa shape index (κ2) is 5.42. The summed E-state index contributed by atoms with van der Waals surface area (Å²) < 4.78 is 8.56. The smallest absolute Gasteiger partial charge is 0.161 e. The zero-order valence-electron chi connectivity index (χ0n) is 12.2. The Morgan fingerprint density at radius 3 is 3.00 bits per heavy atom. The normalized spacial score (nSPS) is 17.3. The van der Waals surface area contributed by atoms with E-state index in [-0.39, 0.29) is 0 Å². The largest absolute Gasteiger partial charge is 0.488 e. The Hall–Kier alpha value is -1.27. The molecule has 0 spiro atoms. The first-order valence-corrected chi connectivity index (χ1v) is 8.55. The minimum absolute atomic E-state index is 0.570. The number of hydrogen-bond donors (Lipinski definition) is 0. The van der Waals surface area contributed by atoms with Gasteiger partial charge in [0.15, 0.2) is 11.6 Å². The number of ether oxygens (including phenoxy) is 1. The van der Waals surface area contributed by atoms with Crippen LogP contribution in [0.1, 0.15) is 30.4 Å². The van der Waals surface area contributed by atoms with Crippen LogP contribution in [-0.2, 0) is 13.6 Å². The van der Waals surface area contributed by atoms with Crippen molar-refractivity contribution in [3.8, 4) is 5.75 Å². The number of halogens is 2. The van der Waals surface area contributed by atoms with Crippen LogP contribution < -0.4 is 9.64 Å². The van der Waals surface area contributed by atoms with Crippen molar-refractivity contribution in [2.75, 3.05) is 18.1 Å². The van der Waals surface area contributed by atoms with Crippen LogP contribution in [0.15, 0.2) is 16.6 Å². The Morgan fingerprint density at radius 2 is 2.23 bits per heavy atom. The molecule has 0 bridgehead atoms. The summed E-state index contributed by atoms with van der Waals surface area (Å²) in [6.07, 6.45) is 2.43. The van der Waals surface area contributed by atoms with Gasteiger partial charge in [0.25, 0.3) is 0 Å². The molecule has 0 atom stereocenters. The highest BCUT2D eigenvalue weighted by molar-refractivity contribution is 9.10. The van der Waals surface area contributed by atoms with E-state index in [1.807, 2.05) is 23.9 Å². The van der Waals surface area contributed by atoms with E-state index in [0.29, 0.717) is 24.1 Å². The van der Waals surface area contributed by atoms with E-state index in [1.165, 1.54) is 12.8 Å². The molecule has 1 aromatic carbocycles. The van der Waals surface area contributed by atoms with Crippen LogP contribution in [0.3, 0.4) is 0 Å². The van der Waals surface area contributed by atoms with Gasteiger partial charge >= 0.3 is 0 Å². The van der Waals surface area contributed by atoms with E-state index < -0.39 is 0 Å². The third-order valence-corrected chi connectivity index (χ3v) is 4.82. The lowest BCUT2D eigenvalue weighted by molar-refractivity contribution is 0.306. The molecule has 1 aliphatic carbocycles. The highest BCUT2D eigenvalue weighted by atomic mass is 79.9. The lowest BCUT2D eigenvalue weighted by Crippen LogP contribution is -2.33. The SMILES string of the molecule is Cn1nc(C2CC2)nc1CN1CCOc2c(Cl)cc(Br)cc21. The number of nitrogens with zero attached hydrogens (tertiary/aromatic N) is 4. The lowest BCUT2D eigenvalue weighted by Gasteiger charge is -2.31. The van der Waals surface area contributed by atoms with Gasteiger partial charge in [0.1, 0.15) is 12.4 Å². The molecule has 1 aromatic heterocycles. The molecule has 5 nitrogen and oxygen atoms in total. The number of hydrogen-bond acceptors (Lipinski definition) is 4. The summed E-state index contributed by atoms with van der Waals surface area (Å²) in [6.45, 7) is 2.15. The first-order valence-electron chi connectivity index (χ1n) is 7.38. The number of benzene rings is 1. The number of aryl methyl sites for hydroxylation is 1. The number of anilines is 1. The minimum atomic E-state index is 0.570. The fourth-order valence-electron chi connectivity index (χ4n) is 2.73. The van der Waals surface area contributed by atoms with Gasteiger partial charge in [-0.1, -0.05) is 27.5 Å². The van der Waals surface area contributed by atoms with Gasteiger partial charge in [-0.05, 0) is 25.0 Å². The van der Waals surface area contributed by atoms with Crippen molar-refractivity contribution in [3.05, 3.63) is 33.3 Å².